The molecule has 0 aromatic carbocycles. The maximum atomic E-state index is 12.5. The van der Waals surface area contributed by atoms with Crippen LogP contribution < -0.4 is 5.32 Å². The third-order valence-electron chi connectivity index (χ3n) is 6.14. The van der Waals surface area contributed by atoms with Crippen molar-refractivity contribution in [2.24, 2.45) is 5.92 Å². The minimum absolute atomic E-state index is 0. The minimum Gasteiger partial charge on any atom is -0.340 e. The number of nitrogens with one attached hydrogen (secondary N) is 1. The molecule has 158 valence electrons. The molecule has 6 nitrogen and oxygen atoms in total. The molecule has 0 bridgehead atoms. The van der Waals surface area contributed by atoms with Crippen molar-refractivity contribution in [3.63, 3.8) is 0 Å². The summed E-state index contributed by atoms with van der Waals surface area (Å²) in [7, 11) is 0. The molecule has 2 amide bonds. The molecule has 3 heterocycles. The molecule has 0 spiro atoms. The van der Waals surface area contributed by atoms with Crippen LogP contribution in [0.5, 0.6) is 0 Å². The van der Waals surface area contributed by atoms with E-state index in [0.29, 0.717) is 30.8 Å². The van der Waals surface area contributed by atoms with Crippen LogP contribution in [0.25, 0.3) is 0 Å². The van der Waals surface area contributed by atoms with Crippen LogP contribution in [0, 0.1) is 5.92 Å². The summed E-state index contributed by atoms with van der Waals surface area (Å²) in [6.07, 6.45) is 6.40. The van der Waals surface area contributed by atoms with Gasteiger partial charge in [-0.2, -0.15) is 0 Å². The van der Waals surface area contributed by atoms with E-state index in [2.05, 4.69) is 22.0 Å². The lowest BCUT2D eigenvalue weighted by Gasteiger charge is -2.38. The molecule has 0 saturated carbocycles. The summed E-state index contributed by atoms with van der Waals surface area (Å²) in [5.74, 6) is 1.23. The third-order valence-corrected chi connectivity index (χ3v) is 6.14. The Morgan fingerprint density at radius 2 is 1.70 bits per heavy atom. The summed E-state index contributed by atoms with van der Waals surface area (Å²) in [6, 6.07) is 0.384. The molecule has 2 atom stereocenters. The van der Waals surface area contributed by atoms with Crippen molar-refractivity contribution in [2.75, 3.05) is 52.4 Å². The molecular formula is C19H36Cl2N4O2. The smallest absolute Gasteiger partial charge is 0.236 e. The average molecular weight is 423 g/mol. The van der Waals surface area contributed by atoms with E-state index in [-0.39, 0.29) is 30.7 Å². The zero-order valence-electron chi connectivity index (χ0n) is 16.5. The van der Waals surface area contributed by atoms with Gasteiger partial charge in [-0.1, -0.05) is 0 Å². The molecule has 0 aromatic heterocycles. The summed E-state index contributed by atoms with van der Waals surface area (Å²) in [5.41, 5.74) is 0. The van der Waals surface area contributed by atoms with Crippen LogP contribution in [0.2, 0.25) is 0 Å². The van der Waals surface area contributed by atoms with Gasteiger partial charge in [0.15, 0.2) is 0 Å². The van der Waals surface area contributed by atoms with Crippen LogP contribution in [-0.4, -0.2) is 84.9 Å². The highest BCUT2D eigenvalue weighted by Gasteiger charge is 2.27. The van der Waals surface area contributed by atoms with Crippen molar-refractivity contribution in [1.29, 1.82) is 0 Å². The van der Waals surface area contributed by atoms with Gasteiger partial charge >= 0.3 is 0 Å². The number of hydrogen-bond donors (Lipinski definition) is 1. The molecule has 1 N–H and O–H groups in total. The highest BCUT2D eigenvalue weighted by atomic mass is 35.5. The minimum atomic E-state index is 0. The van der Waals surface area contributed by atoms with Crippen LogP contribution in [-0.2, 0) is 9.59 Å². The van der Waals surface area contributed by atoms with Crippen LogP contribution in [0.4, 0.5) is 0 Å². The van der Waals surface area contributed by atoms with Gasteiger partial charge in [-0.25, -0.2) is 0 Å². The Hall–Kier alpha value is -0.560. The molecule has 0 aliphatic carbocycles. The number of carbonyl (C=O) groups is 2. The molecule has 3 aliphatic heterocycles. The predicted molar refractivity (Wildman–Crippen MR) is 113 cm³/mol. The number of piperidine rings is 1. The van der Waals surface area contributed by atoms with E-state index in [9.17, 15) is 9.59 Å². The van der Waals surface area contributed by atoms with Gasteiger partial charge in [0.25, 0.3) is 0 Å². The molecule has 27 heavy (non-hydrogen) atoms. The second-order valence-corrected chi connectivity index (χ2v) is 7.99. The van der Waals surface area contributed by atoms with Gasteiger partial charge in [0, 0.05) is 45.2 Å². The Morgan fingerprint density at radius 3 is 2.33 bits per heavy atom. The lowest BCUT2D eigenvalue weighted by molar-refractivity contribution is -0.137. The topological polar surface area (TPSA) is 55.9 Å². The number of nitrogens with zero attached hydrogens (tertiary/aromatic N) is 3. The predicted octanol–water partition coefficient (Wildman–Crippen LogP) is 1.76. The number of rotatable bonds is 5. The Bertz CT molecular complexity index is 467. The summed E-state index contributed by atoms with van der Waals surface area (Å²) in [6.45, 7) is 8.94. The number of halogens is 2. The standard InChI is InChI=1S/C19H34N4O2.2ClH/c1-16-4-2-3-9-23(16)19(25)15-21-10-12-22(13-11-21)18(24)6-5-17-7-8-20-14-17;;/h16-17,20H,2-15H2,1H3;2*1H. The second kappa shape index (κ2) is 12.1. The average Bonchev–Trinajstić information content (AvgIpc) is 3.14. The number of likely N-dealkylation sites (tertiary alicyclic amines) is 1. The Labute approximate surface area is 176 Å². The van der Waals surface area contributed by atoms with E-state index < -0.39 is 0 Å². The van der Waals surface area contributed by atoms with Gasteiger partial charge in [0.1, 0.15) is 0 Å². The summed E-state index contributed by atoms with van der Waals surface area (Å²) >= 11 is 0. The molecular weight excluding hydrogens is 387 g/mol. The summed E-state index contributed by atoms with van der Waals surface area (Å²) in [4.78, 5) is 31.2. The normalized spacial score (nSPS) is 26.3. The lowest BCUT2D eigenvalue weighted by atomic mass is 10.0. The van der Waals surface area contributed by atoms with Crippen LogP contribution >= 0.6 is 24.8 Å². The van der Waals surface area contributed by atoms with Gasteiger partial charge in [-0.3, -0.25) is 14.5 Å². The van der Waals surface area contributed by atoms with Crippen molar-refractivity contribution < 1.29 is 9.59 Å². The Balaban J connectivity index is 0.00000182. The Morgan fingerprint density at radius 1 is 0.963 bits per heavy atom. The highest BCUT2D eigenvalue weighted by molar-refractivity contribution is 5.85. The number of piperazine rings is 1. The van der Waals surface area contributed by atoms with Crippen LogP contribution in [0.3, 0.4) is 0 Å². The molecule has 3 fully saturated rings. The number of amides is 2. The first-order valence-electron chi connectivity index (χ1n) is 10.1. The SMILES string of the molecule is CC1CCCCN1C(=O)CN1CCN(C(=O)CCC2CCNC2)CC1.Cl.Cl. The maximum absolute atomic E-state index is 12.5. The monoisotopic (exact) mass is 422 g/mol. The van der Waals surface area contributed by atoms with Gasteiger partial charge in [-0.05, 0) is 58.0 Å². The van der Waals surface area contributed by atoms with Gasteiger partial charge in [0.05, 0.1) is 6.54 Å². The van der Waals surface area contributed by atoms with E-state index in [1.165, 1.54) is 12.8 Å². The van der Waals surface area contributed by atoms with Gasteiger partial charge in [-0.15, -0.1) is 24.8 Å². The van der Waals surface area contributed by atoms with E-state index in [4.69, 9.17) is 0 Å². The molecule has 0 aromatic rings. The van der Waals surface area contributed by atoms with Crippen molar-refractivity contribution in [3.05, 3.63) is 0 Å². The third kappa shape index (κ3) is 7.08. The first-order chi connectivity index (χ1) is 12.1. The molecule has 8 heteroatoms. The quantitative estimate of drug-likeness (QED) is 0.733. The fraction of sp³-hybridized carbons (Fsp3) is 0.895. The van der Waals surface area contributed by atoms with Gasteiger partial charge < -0.3 is 15.1 Å². The fourth-order valence-corrected chi connectivity index (χ4v) is 4.35. The van der Waals surface area contributed by atoms with E-state index >= 15 is 0 Å². The second-order valence-electron chi connectivity index (χ2n) is 7.99. The summed E-state index contributed by atoms with van der Waals surface area (Å²) < 4.78 is 0. The molecule has 3 saturated heterocycles. The number of carbonyl (C=O) groups excluding carboxylic acids is 2. The van der Waals surface area contributed by atoms with Gasteiger partial charge in [0.2, 0.25) is 11.8 Å². The van der Waals surface area contributed by atoms with Crippen molar-refractivity contribution in [1.82, 2.24) is 20.0 Å². The van der Waals surface area contributed by atoms with Crippen molar-refractivity contribution >= 4 is 36.6 Å². The van der Waals surface area contributed by atoms with E-state index in [1.54, 1.807) is 0 Å². The van der Waals surface area contributed by atoms with E-state index in [0.717, 1.165) is 65.1 Å². The van der Waals surface area contributed by atoms with Crippen molar-refractivity contribution in [3.8, 4) is 0 Å². The maximum Gasteiger partial charge on any atom is 0.236 e. The van der Waals surface area contributed by atoms with Crippen LogP contribution in [0.1, 0.15) is 45.4 Å². The largest absolute Gasteiger partial charge is 0.340 e. The highest BCUT2D eigenvalue weighted by Crippen LogP contribution is 2.18. The zero-order chi connectivity index (χ0) is 17.6. The first kappa shape index (κ1) is 24.5. The van der Waals surface area contributed by atoms with E-state index in [1.807, 2.05) is 4.90 Å². The summed E-state index contributed by atoms with van der Waals surface area (Å²) in [5, 5.41) is 3.36. The molecule has 3 rings (SSSR count). The Kier molecular flexibility index (Phi) is 11.0. The van der Waals surface area contributed by atoms with Crippen molar-refractivity contribution in [2.45, 2.75) is 51.5 Å². The zero-order valence-corrected chi connectivity index (χ0v) is 18.2. The molecule has 2 unspecified atom stereocenters. The fourth-order valence-electron chi connectivity index (χ4n) is 4.35. The molecule has 0 radical (unpaired) electrons. The lowest BCUT2D eigenvalue weighted by Crippen LogP contribution is -2.53. The molecule has 3 aliphatic rings. The van der Waals surface area contributed by atoms with Crippen LogP contribution in [0.15, 0.2) is 0 Å². The number of hydrogen-bond acceptors (Lipinski definition) is 4. The first-order valence-corrected chi connectivity index (χ1v) is 10.1.